The number of carboxylic acids is 1. The van der Waals surface area contributed by atoms with E-state index in [1.807, 2.05) is 6.92 Å². The molecular formula is C14H24N2O4. The molecule has 2 N–H and O–H groups in total. The van der Waals surface area contributed by atoms with Gasteiger partial charge in [0.05, 0.1) is 25.8 Å². The number of carbonyl (C=O) groups is 2. The van der Waals surface area contributed by atoms with Crippen molar-refractivity contribution in [2.24, 2.45) is 11.8 Å². The second-order valence-corrected chi connectivity index (χ2v) is 5.71. The minimum absolute atomic E-state index is 0.0192. The average Bonchev–Trinajstić information content (AvgIpc) is 3.10. The topological polar surface area (TPSA) is 78.9 Å². The van der Waals surface area contributed by atoms with Gasteiger partial charge >= 0.3 is 5.97 Å². The van der Waals surface area contributed by atoms with Gasteiger partial charge in [0.25, 0.3) is 0 Å². The molecule has 1 amide bonds. The average molecular weight is 284 g/mol. The summed E-state index contributed by atoms with van der Waals surface area (Å²) in [7, 11) is 0. The van der Waals surface area contributed by atoms with E-state index in [9.17, 15) is 14.7 Å². The van der Waals surface area contributed by atoms with Gasteiger partial charge in [0.2, 0.25) is 5.91 Å². The Morgan fingerprint density at radius 1 is 1.35 bits per heavy atom. The molecule has 1 saturated heterocycles. The van der Waals surface area contributed by atoms with E-state index in [4.69, 9.17) is 4.74 Å². The second-order valence-electron chi connectivity index (χ2n) is 5.71. The molecule has 0 spiro atoms. The van der Waals surface area contributed by atoms with Gasteiger partial charge in [-0.05, 0) is 31.7 Å². The molecule has 114 valence electrons. The van der Waals surface area contributed by atoms with Crippen LogP contribution < -0.4 is 5.32 Å². The van der Waals surface area contributed by atoms with Gasteiger partial charge in [-0.1, -0.05) is 6.92 Å². The molecule has 2 unspecified atom stereocenters. The van der Waals surface area contributed by atoms with Crippen LogP contribution in [-0.2, 0) is 14.3 Å². The lowest BCUT2D eigenvalue weighted by atomic mass is 10.0. The lowest BCUT2D eigenvalue weighted by Crippen LogP contribution is -2.49. The predicted octanol–water partition coefficient (Wildman–Crippen LogP) is 0.324. The molecule has 0 aromatic heterocycles. The monoisotopic (exact) mass is 284 g/mol. The molecule has 2 aliphatic rings. The van der Waals surface area contributed by atoms with Gasteiger partial charge in [-0.15, -0.1) is 0 Å². The molecule has 6 heteroatoms. The number of nitrogens with one attached hydrogen (secondary N) is 1. The van der Waals surface area contributed by atoms with E-state index in [0.29, 0.717) is 19.7 Å². The van der Waals surface area contributed by atoms with Crippen molar-refractivity contribution in [3.63, 3.8) is 0 Å². The minimum Gasteiger partial charge on any atom is -0.481 e. The number of hydrogen-bond donors (Lipinski definition) is 2. The SMILES string of the molecule is CCCN(C(=O)CNCC1CC1)C1COCC1C(=O)O. The van der Waals surface area contributed by atoms with Crippen LogP contribution in [-0.4, -0.2) is 60.8 Å². The Labute approximate surface area is 119 Å². The number of rotatable bonds is 8. The third-order valence-electron chi connectivity index (χ3n) is 3.96. The smallest absolute Gasteiger partial charge is 0.311 e. The number of carbonyl (C=O) groups excluding carboxylic acids is 1. The molecule has 1 saturated carbocycles. The molecule has 20 heavy (non-hydrogen) atoms. The Kier molecular flexibility index (Phi) is 5.37. The number of amides is 1. The highest BCUT2D eigenvalue weighted by Gasteiger charge is 2.39. The third kappa shape index (κ3) is 3.93. The van der Waals surface area contributed by atoms with Crippen LogP contribution in [0.2, 0.25) is 0 Å². The van der Waals surface area contributed by atoms with Crippen molar-refractivity contribution in [3.05, 3.63) is 0 Å². The van der Waals surface area contributed by atoms with Crippen LogP contribution in [0.15, 0.2) is 0 Å². The van der Waals surface area contributed by atoms with E-state index in [0.717, 1.165) is 18.9 Å². The van der Waals surface area contributed by atoms with Gasteiger partial charge in [-0.2, -0.15) is 0 Å². The summed E-state index contributed by atoms with van der Waals surface area (Å²) in [5.74, 6) is -0.778. The number of carboxylic acid groups (broad SMARTS) is 1. The van der Waals surface area contributed by atoms with Crippen molar-refractivity contribution in [2.45, 2.75) is 32.2 Å². The highest BCUT2D eigenvalue weighted by molar-refractivity contribution is 5.80. The molecule has 0 bridgehead atoms. The maximum Gasteiger partial charge on any atom is 0.311 e. The fourth-order valence-corrected chi connectivity index (χ4v) is 2.61. The molecule has 1 aliphatic heterocycles. The fraction of sp³-hybridized carbons (Fsp3) is 0.857. The van der Waals surface area contributed by atoms with Crippen LogP contribution >= 0.6 is 0 Å². The largest absolute Gasteiger partial charge is 0.481 e. The van der Waals surface area contributed by atoms with Crippen molar-refractivity contribution in [1.82, 2.24) is 10.2 Å². The van der Waals surface area contributed by atoms with Crippen LogP contribution in [0.1, 0.15) is 26.2 Å². The van der Waals surface area contributed by atoms with Gasteiger partial charge in [0.15, 0.2) is 0 Å². The quantitative estimate of drug-likeness (QED) is 0.671. The summed E-state index contributed by atoms with van der Waals surface area (Å²) in [6.45, 7) is 4.27. The van der Waals surface area contributed by atoms with Crippen molar-refractivity contribution < 1.29 is 19.4 Å². The molecule has 2 atom stereocenters. The van der Waals surface area contributed by atoms with Crippen LogP contribution in [0, 0.1) is 11.8 Å². The van der Waals surface area contributed by atoms with E-state index in [-0.39, 0.29) is 18.6 Å². The number of hydrogen-bond acceptors (Lipinski definition) is 4. The molecule has 2 rings (SSSR count). The lowest BCUT2D eigenvalue weighted by molar-refractivity contribution is -0.144. The van der Waals surface area contributed by atoms with Gasteiger partial charge in [0, 0.05) is 6.54 Å². The Hall–Kier alpha value is -1.14. The first-order valence-corrected chi connectivity index (χ1v) is 7.44. The fourth-order valence-electron chi connectivity index (χ4n) is 2.61. The summed E-state index contributed by atoms with van der Waals surface area (Å²) >= 11 is 0. The molecule has 1 aliphatic carbocycles. The summed E-state index contributed by atoms with van der Waals surface area (Å²) in [6.07, 6.45) is 3.31. The van der Waals surface area contributed by atoms with E-state index >= 15 is 0 Å². The number of ether oxygens (including phenoxy) is 1. The lowest BCUT2D eigenvalue weighted by Gasteiger charge is -2.30. The van der Waals surface area contributed by atoms with E-state index in [1.165, 1.54) is 12.8 Å². The summed E-state index contributed by atoms with van der Waals surface area (Å²) in [4.78, 5) is 25.2. The van der Waals surface area contributed by atoms with Crippen molar-refractivity contribution in [2.75, 3.05) is 32.8 Å². The summed E-state index contributed by atoms with van der Waals surface area (Å²) in [5.41, 5.74) is 0. The van der Waals surface area contributed by atoms with Gasteiger partial charge in [-0.3, -0.25) is 9.59 Å². The van der Waals surface area contributed by atoms with Gasteiger partial charge in [-0.25, -0.2) is 0 Å². The Morgan fingerprint density at radius 2 is 2.10 bits per heavy atom. The van der Waals surface area contributed by atoms with Crippen LogP contribution in [0.3, 0.4) is 0 Å². The zero-order valence-electron chi connectivity index (χ0n) is 12.0. The maximum atomic E-state index is 12.3. The number of aliphatic carboxylic acids is 1. The first-order valence-electron chi connectivity index (χ1n) is 7.44. The van der Waals surface area contributed by atoms with Crippen LogP contribution in [0.25, 0.3) is 0 Å². The Morgan fingerprint density at radius 3 is 2.70 bits per heavy atom. The Bertz CT molecular complexity index is 357. The normalized spacial score (nSPS) is 25.6. The molecular weight excluding hydrogens is 260 g/mol. The van der Waals surface area contributed by atoms with E-state index in [2.05, 4.69) is 5.32 Å². The van der Waals surface area contributed by atoms with Gasteiger partial charge < -0.3 is 20.1 Å². The summed E-state index contributed by atoms with van der Waals surface area (Å²) in [6, 6.07) is -0.331. The molecule has 2 fully saturated rings. The first-order chi connectivity index (χ1) is 9.63. The highest BCUT2D eigenvalue weighted by Crippen LogP contribution is 2.27. The standard InChI is InChI=1S/C14H24N2O4/c1-2-5-16(12-9-20-8-11(12)14(18)19)13(17)7-15-6-10-3-4-10/h10-12,15H,2-9H2,1H3,(H,18,19). The van der Waals surface area contributed by atoms with Gasteiger partial charge in [0.1, 0.15) is 5.92 Å². The van der Waals surface area contributed by atoms with E-state index in [1.54, 1.807) is 4.90 Å². The first kappa shape index (κ1) is 15.3. The molecule has 6 nitrogen and oxygen atoms in total. The third-order valence-corrected chi connectivity index (χ3v) is 3.96. The number of nitrogens with zero attached hydrogens (tertiary/aromatic N) is 1. The molecule has 0 aromatic rings. The van der Waals surface area contributed by atoms with Crippen molar-refractivity contribution in [3.8, 4) is 0 Å². The molecule has 0 radical (unpaired) electrons. The van der Waals surface area contributed by atoms with Crippen molar-refractivity contribution in [1.29, 1.82) is 0 Å². The molecule has 0 aromatic carbocycles. The van der Waals surface area contributed by atoms with E-state index < -0.39 is 11.9 Å². The minimum atomic E-state index is -0.882. The maximum absolute atomic E-state index is 12.3. The predicted molar refractivity (Wildman–Crippen MR) is 73.3 cm³/mol. The van der Waals surface area contributed by atoms with Crippen LogP contribution in [0.4, 0.5) is 0 Å². The zero-order chi connectivity index (χ0) is 14.5. The highest BCUT2D eigenvalue weighted by atomic mass is 16.5. The zero-order valence-corrected chi connectivity index (χ0v) is 12.0. The Balaban J connectivity index is 1.89. The van der Waals surface area contributed by atoms with Crippen molar-refractivity contribution >= 4 is 11.9 Å². The second kappa shape index (κ2) is 7.04. The summed E-state index contributed by atoms with van der Waals surface area (Å²) in [5, 5.41) is 12.4. The molecule has 1 heterocycles. The summed E-state index contributed by atoms with van der Waals surface area (Å²) < 4.78 is 5.27. The van der Waals surface area contributed by atoms with Crippen LogP contribution in [0.5, 0.6) is 0 Å².